The Labute approximate surface area is 169 Å². The van der Waals surface area contributed by atoms with E-state index in [2.05, 4.69) is 15.5 Å². The molecule has 1 aliphatic heterocycles. The summed E-state index contributed by atoms with van der Waals surface area (Å²) in [6, 6.07) is 6.91. The molecular formula is C19H17N3O6S. The molecule has 1 amide bonds. The highest BCUT2D eigenvalue weighted by Gasteiger charge is 2.20. The molecule has 0 radical (unpaired) electrons. The summed E-state index contributed by atoms with van der Waals surface area (Å²) >= 11 is 1.53. The minimum atomic E-state index is -0.961. The number of esters is 1. The molecule has 3 heterocycles. The molecule has 10 heteroatoms. The van der Waals surface area contributed by atoms with Crippen LogP contribution in [-0.2, 0) is 20.7 Å². The Morgan fingerprint density at radius 3 is 2.97 bits per heavy atom. The minimum absolute atomic E-state index is 0.0207. The highest BCUT2D eigenvalue weighted by atomic mass is 32.1. The van der Waals surface area contributed by atoms with Gasteiger partial charge in [-0.1, -0.05) is 5.16 Å². The van der Waals surface area contributed by atoms with Crippen LogP contribution in [0.2, 0.25) is 0 Å². The average molecular weight is 415 g/mol. The molecule has 0 fully saturated rings. The lowest BCUT2D eigenvalue weighted by molar-refractivity contribution is -0.153. The van der Waals surface area contributed by atoms with Crippen molar-refractivity contribution in [2.24, 2.45) is 0 Å². The Kier molecular flexibility index (Phi) is 5.43. The second-order valence-corrected chi connectivity index (χ2v) is 6.99. The van der Waals surface area contributed by atoms with Crippen LogP contribution in [0.4, 0.5) is 5.69 Å². The zero-order valence-electron chi connectivity index (χ0n) is 15.4. The average Bonchev–Trinajstić information content (AvgIpc) is 3.46. The van der Waals surface area contributed by atoms with Gasteiger partial charge in [0.1, 0.15) is 0 Å². The van der Waals surface area contributed by atoms with E-state index in [9.17, 15) is 9.59 Å². The van der Waals surface area contributed by atoms with Gasteiger partial charge in [-0.3, -0.25) is 9.59 Å². The third-order valence-corrected chi connectivity index (χ3v) is 4.79. The second-order valence-electron chi connectivity index (χ2n) is 6.21. The molecule has 3 aromatic rings. The van der Waals surface area contributed by atoms with Gasteiger partial charge in [0.15, 0.2) is 17.6 Å². The van der Waals surface area contributed by atoms with Crippen LogP contribution in [0.3, 0.4) is 0 Å². The molecule has 0 unspecified atom stereocenters. The molecule has 150 valence electrons. The molecule has 0 spiro atoms. The Morgan fingerprint density at radius 2 is 2.14 bits per heavy atom. The van der Waals surface area contributed by atoms with Crippen molar-refractivity contribution in [3.05, 3.63) is 40.9 Å². The van der Waals surface area contributed by atoms with E-state index in [0.29, 0.717) is 28.9 Å². The number of rotatable bonds is 7. The highest BCUT2D eigenvalue weighted by Crippen LogP contribution is 2.34. The fraction of sp³-hybridized carbons (Fsp3) is 0.263. The summed E-state index contributed by atoms with van der Waals surface area (Å²) in [4.78, 5) is 28.5. The molecule has 0 aliphatic carbocycles. The fourth-order valence-electron chi connectivity index (χ4n) is 2.60. The third-order valence-electron chi connectivity index (χ3n) is 4.11. The van der Waals surface area contributed by atoms with Gasteiger partial charge in [-0.15, -0.1) is 0 Å². The van der Waals surface area contributed by atoms with Crippen molar-refractivity contribution in [1.82, 2.24) is 10.1 Å². The molecule has 1 aliphatic rings. The summed E-state index contributed by atoms with van der Waals surface area (Å²) in [5.41, 5.74) is 1.38. The van der Waals surface area contributed by atoms with Gasteiger partial charge in [0.05, 0.1) is 6.42 Å². The smallest absolute Gasteiger partial charge is 0.307 e. The predicted molar refractivity (Wildman–Crippen MR) is 103 cm³/mol. The van der Waals surface area contributed by atoms with Crippen LogP contribution in [-0.4, -0.2) is 34.9 Å². The van der Waals surface area contributed by atoms with E-state index in [1.165, 1.54) is 18.3 Å². The molecule has 1 N–H and O–H groups in total. The number of nitrogens with one attached hydrogen (secondary N) is 1. The number of aryl methyl sites for hydroxylation is 1. The maximum atomic E-state index is 12.3. The summed E-state index contributed by atoms with van der Waals surface area (Å²) in [6.07, 6.45) is -0.712. The Hall–Kier alpha value is -3.40. The summed E-state index contributed by atoms with van der Waals surface area (Å²) in [7, 11) is 0. The quantitative estimate of drug-likeness (QED) is 0.586. The van der Waals surface area contributed by atoms with Crippen molar-refractivity contribution in [2.75, 3.05) is 12.1 Å². The Bertz CT molecular complexity index is 1020. The standard InChI is InChI=1S/C19H17N3O6S/c1-11(19(24)20-13-2-3-14-15(8-13)26-10-25-14)27-17(23)5-4-16-21-18(22-28-16)12-6-7-29-9-12/h2-3,6-9,11H,4-5,10H2,1H3,(H,20,24)/t11-/m0/s1. The number of benzene rings is 1. The lowest BCUT2D eigenvalue weighted by atomic mass is 10.2. The monoisotopic (exact) mass is 415 g/mol. The highest BCUT2D eigenvalue weighted by molar-refractivity contribution is 7.08. The second kappa shape index (κ2) is 8.31. The van der Waals surface area contributed by atoms with Crippen LogP contribution in [0.1, 0.15) is 19.2 Å². The zero-order valence-corrected chi connectivity index (χ0v) is 16.2. The number of anilines is 1. The number of hydrogen-bond acceptors (Lipinski definition) is 9. The zero-order chi connectivity index (χ0) is 20.2. The van der Waals surface area contributed by atoms with Crippen molar-refractivity contribution in [2.45, 2.75) is 25.9 Å². The van der Waals surface area contributed by atoms with E-state index < -0.39 is 18.0 Å². The van der Waals surface area contributed by atoms with E-state index in [4.69, 9.17) is 18.7 Å². The molecule has 0 bridgehead atoms. The van der Waals surface area contributed by atoms with Crippen molar-refractivity contribution in [1.29, 1.82) is 0 Å². The van der Waals surface area contributed by atoms with Gasteiger partial charge in [-0.05, 0) is 30.5 Å². The van der Waals surface area contributed by atoms with Crippen molar-refractivity contribution < 1.29 is 28.3 Å². The number of ether oxygens (including phenoxy) is 3. The number of amides is 1. The number of hydrogen-bond donors (Lipinski definition) is 1. The van der Waals surface area contributed by atoms with Gasteiger partial charge in [0, 0.05) is 29.1 Å². The minimum Gasteiger partial charge on any atom is -0.454 e. The summed E-state index contributed by atoms with van der Waals surface area (Å²) in [6.45, 7) is 1.65. The molecule has 4 rings (SSSR count). The first kappa shape index (κ1) is 18.9. The predicted octanol–water partition coefficient (Wildman–Crippen LogP) is 3.03. The van der Waals surface area contributed by atoms with Crippen LogP contribution in [0.5, 0.6) is 11.5 Å². The van der Waals surface area contributed by atoms with Gasteiger partial charge in [0.25, 0.3) is 5.91 Å². The lowest BCUT2D eigenvalue weighted by Crippen LogP contribution is -2.30. The normalized spacial score (nSPS) is 13.1. The summed E-state index contributed by atoms with van der Waals surface area (Å²) < 4.78 is 20.8. The molecule has 0 saturated carbocycles. The first-order valence-corrected chi connectivity index (χ1v) is 9.78. The molecular weight excluding hydrogens is 398 g/mol. The largest absolute Gasteiger partial charge is 0.454 e. The number of carbonyl (C=O) groups is 2. The topological polar surface area (TPSA) is 113 Å². The molecule has 29 heavy (non-hydrogen) atoms. The van der Waals surface area contributed by atoms with Crippen LogP contribution in [0.15, 0.2) is 39.5 Å². The van der Waals surface area contributed by atoms with Gasteiger partial charge >= 0.3 is 5.97 Å². The SMILES string of the molecule is C[C@H](OC(=O)CCc1nc(-c2ccsc2)no1)C(=O)Nc1ccc2c(c1)OCO2. The van der Waals surface area contributed by atoms with Crippen molar-refractivity contribution in [3.8, 4) is 22.9 Å². The summed E-state index contributed by atoms with van der Waals surface area (Å²) in [5.74, 6) is 0.995. The van der Waals surface area contributed by atoms with Crippen LogP contribution < -0.4 is 14.8 Å². The van der Waals surface area contributed by atoms with E-state index in [1.807, 2.05) is 16.8 Å². The molecule has 1 aromatic carbocycles. The first-order valence-electron chi connectivity index (χ1n) is 8.83. The van der Waals surface area contributed by atoms with Crippen molar-refractivity contribution in [3.63, 3.8) is 0 Å². The van der Waals surface area contributed by atoms with Crippen LogP contribution in [0.25, 0.3) is 11.4 Å². The molecule has 0 saturated heterocycles. The molecule has 1 atom stereocenters. The van der Waals surface area contributed by atoms with Gasteiger partial charge < -0.3 is 24.1 Å². The van der Waals surface area contributed by atoms with E-state index in [1.54, 1.807) is 18.2 Å². The van der Waals surface area contributed by atoms with Gasteiger partial charge in [0.2, 0.25) is 18.5 Å². The maximum absolute atomic E-state index is 12.3. The van der Waals surface area contributed by atoms with Gasteiger partial charge in [-0.2, -0.15) is 16.3 Å². The maximum Gasteiger partial charge on any atom is 0.307 e. The van der Waals surface area contributed by atoms with Crippen LogP contribution >= 0.6 is 11.3 Å². The fourth-order valence-corrected chi connectivity index (χ4v) is 3.24. The number of carbonyl (C=O) groups excluding carboxylic acids is 2. The van der Waals surface area contributed by atoms with E-state index >= 15 is 0 Å². The number of thiophene rings is 1. The Morgan fingerprint density at radius 1 is 1.28 bits per heavy atom. The number of fused-ring (bicyclic) bond motifs is 1. The summed E-state index contributed by atoms with van der Waals surface area (Å²) in [5, 5.41) is 10.4. The van der Waals surface area contributed by atoms with Crippen molar-refractivity contribution >= 4 is 28.9 Å². The third kappa shape index (κ3) is 4.54. The molecule has 9 nitrogen and oxygen atoms in total. The lowest BCUT2D eigenvalue weighted by Gasteiger charge is -2.13. The van der Waals surface area contributed by atoms with E-state index in [0.717, 1.165) is 5.56 Å². The number of nitrogens with zero attached hydrogens (tertiary/aromatic N) is 2. The number of aromatic nitrogens is 2. The first-order chi connectivity index (χ1) is 14.1. The van der Waals surface area contributed by atoms with E-state index in [-0.39, 0.29) is 19.6 Å². The Balaban J connectivity index is 1.25. The van der Waals surface area contributed by atoms with Gasteiger partial charge in [-0.25, -0.2) is 0 Å². The van der Waals surface area contributed by atoms with Crippen LogP contribution in [0, 0.1) is 0 Å². The molecule has 2 aromatic heterocycles.